The molecular formula is C9H17NO2. The van der Waals surface area contributed by atoms with Crippen LogP contribution in [0.3, 0.4) is 0 Å². The molecular weight excluding hydrogens is 154 g/mol. The van der Waals surface area contributed by atoms with Crippen LogP contribution in [0, 0.1) is 11.8 Å². The summed E-state index contributed by atoms with van der Waals surface area (Å²) in [5, 5.41) is 3.37. The van der Waals surface area contributed by atoms with E-state index in [1.54, 1.807) is 0 Å². The minimum Gasteiger partial charge on any atom is -0.324 e. The lowest BCUT2D eigenvalue weighted by Crippen LogP contribution is -2.50. The quantitative estimate of drug-likeness (QED) is 0.637. The van der Waals surface area contributed by atoms with E-state index in [2.05, 4.69) is 12.2 Å². The lowest BCUT2D eigenvalue weighted by molar-refractivity contribution is -0.397. The Balaban J connectivity index is 1.85. The second-order valence-electron chi connectivity index (χ2n) is 3.84. The van der Waals surface area contributed by atoms with Gasteiger partial charge < -0.3 is 14.8 Å². The Morgan fingerprint density at radius 2 is 2.00 bits per heavy atom. The second-order valence-corrected chi connectivity index (χ2v) is 3.84. The standard InChI is InChI=1S/C9H17NO2/c1-6-5-10-4-3-8(6)9-11-7(2)12-9/h6-10H,3-5H2,1-2H3/t6-,7?,8+,9?/m1/s1. The maximum Gasteiger partial charge on any atom is 0.166 e. The first-order valence-electron chi connectivity index (χ1n) is 4.79. The molecule has 2 rings (SSSR count). The van der Waals surface area contributed by atoms with Gasteiger partial charge in [-0.1, -0.05) is 6.92 Å². The Bertz CT molecular complexity index is 157. The van der Waals surface area contributed by atoms with Crippen molar-refractivity contribution in [2.75, 3.05) is 13.1 Å². The van der Waals surface area contributed by atoms with Crippen molar-refractivity contribution in [2.45, 2.75) is 32.8 Å². The van der Waals surface area contributed by atoms with Gasteiger partial charge in [0.15, 0.2) is 12.6 Å². The second kappa shape index (κ2) is 3.32. The van der Waals surface area contributed by atoms with Gasteiger partial charge in [-0.05, 0) is 32.4 Å². The molecule has 2 aliphatic rings. The van der Waals surface area contributed by atoms with Crippen molar-refractivity contribution >= 4 is 0 Å². The third-order valence-corrected chi connectivity index (χ3v) is 2.85. The van der Waals surface area contributed by atoms with E-state index in [-0.39, 0.29) is 12.6 Å². The van der Waals surface area contributed by atoms with Gasteiger partial charge in [0.25, 0.3) is 0 Å². The highest BCUT2D eigenvalue weighted by Gasteiger charge is 2.38. The number of piperidine rings is 1. The van der Waals surface area contributed by atoms with Crippen LogP contribution in [0.4, 0.5) is 0 Å². The number of nitrogens with one attached hydrogen (secondary N) is 1. The molecule has 2 aliphatic heterocycles. The predicted octanol–water partition coefficient (Wildman–Crippen LogP) is 0.951. The minimum absolute atomic E-state index is 0.0251. The molecule has 12 heavy (non-hydrogen) atoms. The first-order valence-corrected chi connectivity index (χ1v) is 4.79. The van der Waals surface area contributed by atoms with E-state index in [4.69, 9.17) is 9.47 Å². The Morgan fingerprint density at radius 1 is 1.25 bits per heavy atom. The van der Waals surface area contributed by atoms with Crippen LogP contribution in [-0.2, 0) is 9.47 Å². The summed E-state index contributed by atoms with van der Waals surface area (Å²) >= 11 is 0. The first-order chi connectivity index (χ1) is 5.77. The minimum atomic E-state index is 0.0251. The van der Waals surface area contributed by atoms with Crippen LogP contribution in [-0.4, -0.2) is 25.7 Å². The lowest BCUT2D eigenvalue weighted by Gasteiger charge is -2.43. The van der Waals surface area contributed by atoms with Crippen molar-refractivity contribution in [3.63, 3.8) is 0 Å². The summed E-state index contributed by atoms with van der Waals surface area (Å²) in [7, 11) is 0. The number of ether oxygens (including phenoxy) is 2. The molecule has 3 nitrogen and oxygen atoms in total. The molecule has 0 unspecified atom stereocenters. The smallest absolute Gasteiger partial charge is 0.166 e. The maximum atomic E-state index is 5.50. The third-order valence-electron chi connectivity index (χ3n) is 2.85. The number of hydrogen-bond donors (Lipinski definition) is 1. The average Bonchev–Trinajstić information content (AvgIpc) is 2.01. The molecule has 2 fully saturated rings. The van der Waals surface area contributed by atoms with Gasteiger partial charge in [0.05, 0.1) is 0 Å². The normalized spacial score (nSPS) is 48.5. The number of hydrogen-bond acceptors (Lipinski definition) is 3. The van der Waals surface area contributed by atoms with Gasteiger partial charge in [-0.3, -0.25) is 0 Å². The zero-order valence-electron chi connectivity index (χ0n) is 7.75. The van der Waals surface area contributed by atoms with E-state index in [0.717, 1.165) is 13.1 Å². The van der Waals surface area contributed by atoms with Crippen molar-refractivity contribution in [3.05, 3.63) is 0 Å². The van der Waals surface area contributed by atoms with Crippen LogP contribution in [0.2, 0.25) is 0 Å². The molecule has 1 N–H and O–H groups in total. The Hall–Kier alpha value is -0.120. The zero-order valence-corrected chi connectivity index (χ0v) is 7.75. The molecule has 0 saturated carbocycles. The summed E-state index contributed by atoms with van der Waals surface area (Å²) in [4.78, 5) is 0. The summed E-state index contributed by atoms with van der Waals surface area (Å²) in [6.45, 7) is 6.41. The van der Waals surface area contributed by atoms with Crippen molar-refractivity contribution < 1.29 is 9.47 Å². The van der Waals surface area contributed by atoms with Gasteiger partial charge >= 0.3 is 0 Å². The van der Waals surface area contributed by atoms with Gasteiger partial charge in [-0.2, -0.15) is 0 Å². The molecule has 2 saturated heterocycles. The van der Waals surface area contributed by atoms with E-state index < -0.39 is 0 Å². The molecule has 3 heteroatoms. The molecule has 0 aliphatic carbocycles. The number of rotatable bonds is 1. The van der Waals surface area contributed by atoms with Crippen molar-refractivity contribution in [1.29, 1.82) is 0 Å². The molecule has 0 bridgehead atoms. The molecule has 0 aromatic carbocycles. The molecule has 0 radical (unpaired) electrons. The molecule has 0 spiro atoms. The van der Waals surface area contributed by atoms with Crippen molar-refractivity contribution in [3.8, 4) is 0 Å². The van der Waals surface area contributed by atoms with E-state index in [1.165, 1.54) is 6.42 Å². The lowest BCUT2D eigenvalue weighted by atomic mass is 9.87. The molecule has 2 heterocycles. The summed E-state index contributed by atoms with van der Waals surface area (Å²) in [5.41, 5.74) is 0. The van der Waals surface area contributed by atoms with Crippen LogP contribution in [0.1, 0.15) is 20.3 Å². The highest BCUT2D eigenvalue weighted by molar-refractivity contribution is 4.79. The first kappa shape index (κ1) is 8.48. The van der Waals surface area contributed by atoms with Gasteiger partial charge in [0, 0.05) is 5.92 Å². The third kappa shape index (κ3) is 1.49. The predicted molar refractivity (Wildman–Crippen MR) is 45.6 cm³/mol. The monoisotopic (exact) mass is 171 g/mol. The fraction of sp³-hybridized carbons (Fsp3) is 1.00. The molecule has 2 atom stereocenters. The molecule has 0 aromatic heterocycles. The van der Waals surface area contributed by atoms with E-state index in [9.17, 15) is 0 Å². The highest BCUT2D eigenvalue weighted by atomic mass is 16.9. The molecule has 70 valence electrons. The van der Waals surface area contributed by atoms with Gasteiger partial charge in [-0.15, -0.1) is 0 Å². The van der Waals surface area contributed by atoms with E-state index >= 15 is 0 Å². The van der Waals surface area contributed by atoms with Crippen LogP contribution >= 0.6 is 0 Å². The zero-order chi connectivity index (χ0) is 8.55. The van der Waals surface area contributed by atoms with Gasteiger partial charge in [-0.25, -0.2) is 0 Å². The summed E-state index contributed by atoms with van der Waals surface area (Å²) in [6.07, 6.45) is 1.28. The van der Waals surface area contributed by atoms with Gasteiger partial charge in [0.2, 0.25) is 0 Å². The fourth-order valence-corrected chi connectivity index (χ4v) is 2.03. The Labute approximate surface area is 73.4 Å². The summed E-state index contributed by atoms with van der Waals surface area (Å²) in [6, 6.07) is 0. The summed E-state index contributed by atoms with van der Waals surface area (Å²) in [5.74, 6) is 1.28. The van der Waals surface area contributed by atoms with Gasteiger partial charge in [0.1, 0.15) is 0 Å². The Kier molecular flexibility index (Phi) is 2.35. The Morgan fingerprint density at radius 3 is 2.58 bits per heavy atom. The topological polar surface area (TPSA) is 30.5 Å². The average molecular weight is 171 g/mol. The SMILES string of the molecule is CC1OC([C@H]2CCNC[C@H]2C)O1. The van der Waals surface area contributed by atoms with E-state index in [0.29, 0.717) is 11.8 Å². The van der Waals surface area contributed by atoms with Crippen LogP contribution < -0.4 is 5.32 Å². The molecule has 0 amide bonds. The van der Waals surface area contributed by atoms with Crippen LogP contribution in [0.25, 0.3) is 0 Å². The molecule has 0 aromatic rings. The van der Waals surface area contributed by atoms with Crippen molar-refractivity contribution in [2.24, 2.45) is 11.8 Å². The summed E-state index contributed by atoms with van der Waals surface area (Å²) < 4.78 is 11.0. The van der Waals surface area contributed by atoms with Crippen molar-refractivity contribution in [1.82, 2.24) is 5.32 Å². The van der Waals surface area contributed by atoms with E-state index in [1.807, 2.05) is 6.92 Å². The largest absolute Gasteiger partial charge is 0.324 e. The van der Waals surface area contributed by atoms with Crippen LogP contribution in [0.15, 0.2) is 0 Å². The van der Waals surface area contributed by atoms with Crippen LogP contribution in [0.5, 0.6) is 0 Å². The highest BCUT2D eigenvalue weighted by Crippen LogP contribution is 2.31. The maximum absolute atomic E-state index is 5.50. The fourth-order valence-electron chi connectivity index (χ4n) is 2.03.